The average molecular weight is 474 g/mol. The third kappa shape index (κ3) is 3.99. The molecule has 35 heavy (non-hydrogen) atoms. The van der Waals surface area contributed by atoms with Crippen molar-refractivity contribution in [2.75, 3.05) is 26.2 Å². The first-order valence-electron chi connectivity index (χ1n) is 11.1. The zero-order chi connectivity index (χ0) is 25.3. The van der Waals surface area contributed by atoms with Crippen molar-refractivity contribution in [3.8, 4) is 17.2 Å². The molecule has 7 heteroatoms. The Bertz CT molecular complexity index is 1300. The molecule has 1 aliphatic rings. The Morgan fingerprint density at radius 3 is 2.00 bits per heavy atom. The van der Waals surface area contributed by atoms with Crippen molar-refractivity contribution in [2.45, 2.75) is 19.9 Å². The molecule has 0 bridgehead atoms. The number of ether oxygens (including phenoxy) is 3. The van der Waals surface area contributed by atoms with Crippen LogP contribution >= 0.6 is 0 Å². The molecule has 0 spiro atoms. The molecule has 0 radical (unpaired) electrons. The van der Waals surface area contributed by atoms with Crippen LogP contribution in [0.5, 0.6) is 17.2 Å². The molecule has 0 aromatic heterocycles. The molecule has 1 fully saturated rings. The molecule has 1 N–H and O–H groups in total. The first-order valence-corrected chi connectivity index (χ1v) is 11.1. The summed E-state index contributed by atoms with van der Waals surface area (Å²) in [5.41, 5.74) is 3.23. The molecule has 1 aliphatic heterocycles. The molecule has 1 saturated heterocycles. The van der Waals surface area contributed by atoms with E-state index in [9.17, 15) is 14.7 Å². The van der Waals surface area contributed by atoms with Crippen molar-refractivity contribution >= 4 is 23.1 Å². The van der Waals surface area contributed by atoms with Crippen LogP contribution in [0, 0.1) is 13.8 Å². The fraction of sp³-hybridized carbons (Fsp3) is 0.214. The summed E-state index contributed by atoms with van der Waals surface area (Å²) in [6.07, 6.45) is 0. The van der Waals surface area contributed by atoms with Gasteiger partial charge in [-0.05, 0) is 60.9 Å². The maximum Gasteiger partial charge on any atom is 0.300 e. The quantitative estimate of drug-likeness (QED) is 0.310. The predicted molar refractivity (Wildman–Crippen MR) is 133 cm³/mol. The lowest BCUT2D eigenvalue weighted by atomic mass is 9.94. The molecular formula is C28H27NO6. The highest BCUT2D eigenvalue weighted by Crippen LogP contribution is 2.46. The normalized spacial score (nSPS) is 16.9. The molecule has 3 aromatic carbocycles. The van der Waals surface area contributed by atoms with Gasteiger partial charge in [-0.2, -0.15) is 0 Å². The van der Waals surface area contributed by atoms with E-state index >= 15 is 0 Å². The number of amides is 1. The van der Waals surface area contributed by atoms with Gasteiger partial charge in [-0.1, -0.05) is 30.3 Å². The van der Waals surface area contributed by atoms with Gasteiger partial charge in [0, 0.05) is 5.69 Å². The van der Waals surface area contributed by atoms with E-state index in [0.717, 1.165) is 11.1 Å². The van der Waals surface area contributed by atoms with E-state index in [1.807, 2.05) is 26.0 Å². The van der Waals surface area contributed by atoms with E-state index in [-0.39, 0.29) is 16.9 Å². The molecular weight excluding hydrogens is 446 g/mol. The summed E-state index contributed by atoms with van der Waals surface area (Å²) in [6.45, 7) is 3.84. The van der Waals surface area contributed by atoms with Crippen molar-refractivity contribution in [3.63, 3.8) is 0 Å². The second-order valence-electron chi connectivity index (χ2n) is 8.20. The van der Waals surface area contributed by atoms with Crippen LogP contribution < -0.4 is 19.1 Å². The Labute approximate surface area is 204 Å². The summed E-state index contributed by atoms with van der Waals surface area (Å²) in [5, 5.41) is 11.5. The summed E-state index contributed by atoms with van der Waals surface area (Å²) < 4.78 is 16.2. The number of carbonyl (C=O) groups excluding carboxylic acids is 2. The van der Waals surface area contributed by atoms with Gasteiger partial charge < -0.3 is 19.3 Å². The minimum Gasteiger partial charge on any atom is -0.506 e. The summed E-state index contributed by atoms with van der Waals surface area (Å²) in [7, 11) is 4.48. The minimum absolute atomic E-state index is 0.0520. The third-order valence-corrected chi connectivity index (χ3v) is 6.38. The highest BCUT2D eigenvalue weighted by Gasteiger charge is 2.48. The van der Waals surface area contributed by atoms with Crippen LogP contribution in [0.1, 0.15) is 28.3 Å². The van der Waals surface area contributed by atoms with Crippen molar-refractivity contribution in [1.82, 2.24) is 0 Å². The number of carbonyl (C=O) groups is 2. The van der Waals surface area contributed by atoms with Gasteiger partial charge in [0.25, 0.3) is 11.7 Å². The zero-order valence-corrected chi connectivity index (χ0v) is 20.3. The molecule has 1 amide bonds. The van der Waals surface area contributed by atoms with Crippen molar-refractivity contribution in [2.24, 2.45) is 0 Å². The number of aliphatic hydroxyl groups excluding tert-OH is 1. The molecule has 0 saturated carbocycles. The Morgan fingerprint density at radius 1 is 0.829 bits per heavy atom. The Hall–Kier alpha value is -4.26. The molecule has 4 rings (SSSR count). The molecule has 3 aromatic rings. The summed E-state index contributed by atoms with van der Waals surface area (Å²) >= 11 is 0. The van der Waals surface area contributed by atoms with Gasteiger partial charge >= 0.3 is 0 Å². The summed E-state index contributed by atoms with van der Waals surface area (Å²) in [4.78, 5) is 28.4. The number of benzene rings is 3. The Kier molecular flexibility index (Phi) is 6.51. The molecule has 1 unspecified atom stereocenters. The van der Waals surface area contributed by atoms with E-state index < -0.39 is 17.7 Å². The number of nitrogens with zero attached hydrogens (tertiary/aromatic N) is 1. The zero-order valence-electron chi connectivity index (χ0n) is 20.3. The predicted octanol–water partition coefficient (Wildman–Crippen LogP) is 4.96. The minimum atomic E-state index is -0.879. The van der Waals surface area contributed by atoms with Crippen LogP contribution in [-0.2, 0) is 9.59 Å². The molecule has 0 aliphatic carbocycles. The molecule has 180 valence electrons. The smallest absolute Gasteiger partial charge is 0.300 e. The first kappa shape index (κ1) is 23.9. The maximum absolute atomic E-state index is 13.5. The topological polar surface area (TPSA) is 85.3 Å². The van der Waals surface area contributed by atoms with Gasteiger partial charge in [-0.3, -0.25) is 14.5 Å². The Balaban J connectivity index is 2.03. The lowest BCUT2D eigenvalue weighted by Crippen LogP contribution is -2.30. The fourth-order valence-electron chi connectivity index (χ4n) is 4.40. The second kappa shape index (κ2) is 9.54. The van der Waals surface area contributed by atoms with E-state index in [1.165, 1.54) is 19.1 Å². The second-order valence-corrected chi connectivity index (χ2v) is 8.20. The van der Waals surface area contributed by atoms with E-state index in [4.69, 9.17) is 14.2 Å². The van der Waals surface area contributed by atoms with E-state index in [1.54, 1.807) is 55.6 Å². The van der Waals surface area contributed by atoms with Gasteiger partial charge in [-0.25, -0.2) is 0 Å². The lowest BCUT2D eigenvalue weighted by molar-refractivity contribution is -0.132. The average Bonchev–Trinajstić information content (AvgIpc) is 3.14. The number of ketones is 1. The number of Topliss-reactive ketones (excluding diaryl/α,β-unsaturated/α-hetero) is 1. The summed E-state index contributed by atoms with van der Waals surface area (Å²) in [6, 6.07) is 16.8. The van der Waals surface area contributed by atoms with Gasteiger partial charge in [0.1, 0.15) is 28.6 Å². The molecule has 7 nitrogen and oxygen atoms in total. The van der Waals surface area contributed by atoms with E-state index in [0.29, 0.717) is 28.5 Å². The standard InChI is InChI=1S/C28H27NO6/c1-16-8-6-9-20(17(16)2)29-25(18-12-14-19(33-3)15-13-18)24(27(31)28(29)32)26(30)23-21(34-4)10-7-11-22(23)35-5/h6-15,25,30H,1-5H3/b26-24+. The number of hydrogen-bond acceptors (Lipinski definition) is 6. The number of anilines is 1. The summed E-state index contributed by atoms with van der Waals surface area (Å²) in [5.74, 6) is -0.635. The number of aryl methyl sites for hydroxylation is 1. The van der Waals surface area contributed by atoms with E-state index in [2.05, 4.69) is 0 Å². The number of aliphatic hydroxyl groups is 1. The van der Waals surface area contributed by atoms with Gasteiger partial charge in [0.05, 0.1) is 32.9 Å². The van der Waals surface area contributed by atoms with Crippen molar-refractivity contribution < 1.29 is 28.9 Å². The molecule has 1 heterocycles. The number of hydrogen-bond donors (Lipinski definition) is 1. The van der Waals surface area contributed by atoms with Crippen molar-refractivity contribution in [3.05, 3.63) is 88.5 Å². The monoisotopic (exact) mass is 473 g/mol. The van der Waals surface area contributed by atoms with Crippen molar-refractivity contribution in [1.29, 1.82) is 0 Å². The van der Waals surface area contributed by atoms with Crippen LogP contribution in [0.4, 0.5) is 5.69 Å². The fourth-order valence-corrected chi connectivity index (χ4v) is 4.40. The highest BCUT2D eigenvalue weighted by molar-refractivity contribution is 6.51. The maximum atomic E-state index is 13.5. The lowest BCUT2D eigenvalue weighted by Gasteiger charge is -2.27. The largest absolute Gasteiger partial charge is 0.506 e. The first-order chi connectivity index (χ1) is 16.8. The van der Waals surface area contributed by atoms with Gasteiger partial charge in [0.15, 0.2) is 0 Å². The van der Waals surface area contributed by atoms with Crippen LogP contribution in [0.2, 0.25) is 0 Å². The van der Waals surface area contributed by atoms with Crippen LogP contribution in [0.3, 0.4) is 0 Å². The number of methoxy groups -OCH3 is 3. The van der Waals surface area contributed by atoms with Gasteiger partial charge in [-0.15, -0.1) is 0 Å². The number of rotatable bonds is 6. The highest BCUT2D eigenvalue weighted by atomic mass is 16.5. The third-order valence-electron chi connectivity index (χ3n) is 6.38. The SMILES string of the molecule is COc1ccc(C2/C(=C(\O)c3c(OC)cccc3OC)C(=O)C(=O)N2c2cccc(C)c2C)cc1. The van der Waals surface area contributed by atoms with Gasteiger partial charge in [0.2, 0.25) is 0 Å². The Morgan fingerprint density at radius 2 is 1.43 bits per heavy atom. The van der Waals surface area contributed by atoms with Crippen LogP contribution in [0.15, 0.2) is 66.2 Å². The molecule has 1 atom stereocenters. The van der Waals surface area contributed by atoms with Crippen LogP contribution in [-0.4, -0.2) is 38.1 Å². The van der Waals surface area contributed by atoms with Crippen LogP contribution in [0.25, 0.3) is 5.76 Å².